The highest BCUT2D eigenvalue weighted by molar-refractivity contribution is 7.99. The minimum absolute atomic E-state index is 0.319. The lowest BCUT2D eigenvalue weighted by Crippen LogP contribution is -2.24. The lowest BCUT2D eigenvalue weighted by molar-refractivity contribution is 0.578. The van der Waals surface area contributed by atoms with Crippen molar-refractivity contribution in [3.05, 3.63) is 54.1 Å². The number of sulfonamides is 1. The zero-order valence-electron chi connectivity index (χ0n) is 13.2. The van der Waals surface area contributed by atoms with Crippen molar-refractivity contribution < 1.29 is 8.42 Å². The van der Waals surface area contributed by atoms with Crippen LogP contribution >= 0.6 is 11.8 Å². The first-order chi connectivity index (χ1) is 11.0. The Morgan fingerprint density at radius 2 is 1.65 bits per heavy atom. The molecular weight excluding hydrogens is 328 g/mol. The Balaban J connectivity index is 1.68. The largest absolute Gasteiger partial charge is 0.399 e. The second-order valence-corrected chi connectivity index (χ2v) is 8.27. The van der Waals surface area contributed by atoms with Crippen molar-refractivity contribution in [2.45, 2.75) is 29.6 Å². The normalized spacial score (nSPS) is 11.5. The summed E-state index contributed by atoms with van der Waals surface area (Å²) in [5, 5.41) is 0. The van der Waals surface area contributed by atoms with E-state index in [0.717, 1.165) is 29.8 Å². The molecule has 0 radical (unpaired) electrons. The average Bonchev–Trinajstić information content (AvgIpc) is 2.53. The summed E-state index contributed by atoms with van der Waals surface area (Å²) in [7, 11) is -3.39. The molecule has 23 heavy (non-hydrogen) atoms. The highest BCUT2D eigenvalue weighted by Crippen LogP contribution is 2.20. The number of anilines is 1. The fourth-order valence-electron chi connectivity index (χ4n) is 1.99. The molecule has 0 atom stereocenters. The fraction of sp³-hybridized carbons (Fsp3) is 0.294. The smallest absolute Gasteiger partial charge is 0.240 e. The van der Waals surface area contributed by atoms with Crippen LogP contribution in [0.2, 0.25) is 0 Å². The minimum Gasteiger partial charge on any atom is -0.399 e. The second kappa shape index (κ2) is 8.38. The van der Waals surface area contributed by atoms with Crippen molar-refractivity contribution in [1.29, 1.82) is 0 Å². The molecule has 2 aromatic rings. The summed E-state index contributed by atoms with van der Waals surface area (Å²) in [6, 6.07) is 14.6. The number of hydrogen-bond acceptors (Lipinski definition) is 4. The second-order valence-electron chi connectivity index (χ2n) is 5.34. The summed E-state index contributed by atoms with van der Waals surface area (Å²) < 4.78 is 26.9. The fourth-order valence-corrected chi connectivity index (χ4v) is 3.98. The molecule has 0 aliphatic heterocycles. The number of aryl methyl sites for hydroxylation is 1. The van der Waals surface area contributed by atoms with Crippen LogP contribution in [0.5, 0.6) is 0 Å². The Hall–Kier alpha value is -1.50. The summed E-state index contributed by atoms with van der Waals surface area (Å²) >= 11 is 1.75. The highest BCUT2D eigenvalue weighted by atomic mass is 32.2. The summed E-state index contributed by atoms with van der Waals surface area (Å²) in [6.07, 6.45) is 1.76. The molecule has 2 aromatic carbocycles. The van der Waals surface area contributed by atoms with Gasteiger partial charge in [-0.25, -0.2) is 13.1 Å². The third kappa shape index (κ3) is 5.89. The SMILES string of the molecule is Cc1ccc(S(=O)(=O)NCCCCSc2ccc(N)cc2)cc1. The number of nitrogen functional groups attached to an aromatic ring is 1. The number of nitrogens with two attached hydrogens (primary N) is 1. The van der Waals surface area contributed by atoms with Gasteiger partial charge in [0.1, 0.15) is 0 Å². The standard InChI is InChI=1S/C17H22N2O2S2/c1-14-4-10-17(11-5-14)23(20,21)19-12-2-3-13-22-16-8-6-15(18)7-9-16/h4-11,19H,2-3,12-13,18H2,1H3. The van der Waals surface area contributed by atoms with Gasteiger partial charge in [-0.05, 0) is 61.9 Å². The lowest BCUT2D eigenvalue weighted by Gasteiger charge is -2.07. The number of thioether (sulfide) groups is 1. The van der Waals surface area contributed by atoms with E-state index in [1.54, 1.807) is 36.0 Å². The van der Waals surface area contributed by atoms with Gasteiger partial charge < -0.3 is 5.73 Å². The Bertz CT molecular complexity index is 711. The molecule has 0 amide bonds. The van der Waals surface area contributed by atoms with Crippen LogP contribution in [0.4, 0.5) is 5.69 Å². The van der Waals surface area contributed by atoms with E-state index in [-0.39, 0.29) is 0 Å². The molecule has 0 aliphatic carbocycles. The van der Waals surface area contributed by atoms with Crippen LogP contribution in [0.1, 0.15) is 18.4 Å². The van der Waals surface area contributed by atoms with Gasteiger partial charge in [0, 0.05) is 17.1 Å². The van der Waals surface area contributed by atoms with E-state index >= 15 is 0 Å². The van der Waals surface area contributed by atoms with Gasteiger partial charge in [0.2, 0.25) is 10.0 Å². The Morgan fingerprint density at radius 1 is 1.00 bits per heavy atom. The Kier molecular flexibility index (Phi) is 6.50. The molecule has 0 saturated carbocycles. The summed E-state index contributed by atoms with van der Waals surface area (Å²) in [5.41, 5.74) is 7.45. The van der Waals surface area contributed by atoms with E-state index in [9.17, 15) is 8.42 Å². The van der Waals surface area contributed by atoms with Gasteiger partial charge >= 0.3 is 0 Å². The molecule has 0 saturated heterocycles. The summed E-state index contributed by atoms with van der Waals surface area (Å²) in [4.78, 5) is 1.50. The third-order valence-electron chi connectivity index (χ3n) is 3.34. The molecule has 0 aromatic heterocycles. The zero-order valence-corrected chi connectivity index (χ0v) is 14.8. The van der Waals surface area contributed by atoms with Crippen molar-refractivity contribution >= 4 is 27.5 Å². The highest BCUT2D eigenvalue weighted by Gasteiger charge is 2.12. The maximum absolute atomic E-state index is 12.1. The number of unbranched alkanes of at least 4 members (excludes halogenated alkanes) is 1. The number of benzene rings is 2. The molecule has 0 aliphatic rings. The predicted molar refractivity (Wildman–Crippen MR) is 97.2 cm³/mol. The first kappa shape index (κ1) is 17.8. The van der Waals surface area contributed by atoms with Crippen LogP contribution < -0.4 is 10.5 Å². The first-order valence-corrected chi connectivity index (χ1v) is 9.99. The monoisotopic (exact) mass is 350 g/mol. The van der Waals surface area contributed by atoms with Crippen LogP contribution in [-0.4, -0.2) is 20.7 Å². The van der Waals surface area contributed by atoms with E-state index in [1.165, 1.54) is 4.90 Å². The van der Waals surface area contributed by atoms with Crippen LogP contribution in [0.3, 0.4) is 0 Å². The molecule has 0 spiro atoms. The first-order valence-electron chi connectivity index (χ1n) is 7.52. The van der Waals surface area contributed by atoms with Gasteiger partial charge in [-0.3, -0.25) is 0 Å². The maximum Gasteiger partial charge on any atom is 0.240 e. The average molecular weight is 351 g/mol. The predicted octanol–water partition coefficient (Wildman–Crippen LogP) is 3.43. The van der Waals surface area contributed by atoms with Gasteiger partial charge in [0.25, 0.3) is 0 Å². The van der Waals surface area contributed by atoms with E-state index in [2.05, 4.69) is 4.72 Å². The quantitative estimate of drug-likeness (QED) is 0.435. The lowest BCUT2D eigenvalue weighted by atomic mass is 10.2. The summed E-state index contributed by atoms with van der Waals surface area (Å²) in [5.74, 6) is 0.955. The molecule has 124 valence electrons. The molecule has 2 rings (SSSR count). The molecule has 0 unspecified atom stereocenters. The molecule has 0 heterocycles. The van der Waals surface area contributed by atoms with Gasteiger partial charge in [-0.2, -0.15) is 0 Å². The van der Waals surface area contributed by atoms with Crippen LogP contribution in [0.15, 0.2) is 58.3 Å². The van der Waals surface area contributed by atoms with Crippen LogP contribution in [0.25, 0.3) is 0 Å². The van der Waals surface area contributed by atoms with Gasteiger partial charge in [-0.15, -0.1) is 11.8 Å². The number of nitrogens with one attached hydrogen (secondary N) is 1. The van der Waals surface area contributed by atoms with Gasteiger partial charge in [-0.1, -0.05) is 17.7 Å². The van der Waals surface area contributed by atoms with Crippen molar-refractivity contribution in [3.8, 4) is 0 Å². The molecular formula is C17H22N2O2S2. The van der Waals surface area contributed by atoms with Gasteiger partial charge in [0.15, 0.2) is 0 Å². The molecule has 0 fully saturated rings. The minimum atomic E-state index is -3.39. The number of hydrogen-bond donors (Lipinski definition) is 2. The Labute approximate surface area is 142 Å². The number of rotatable bonds is 8. The van der Waals surface area contributed by atoms with Crippen molar-refractivity contribution in [3.63, 3.8) is 0 Å². The topological polar surface area (TPSA) is 72.2 Å². The van der Waals surface area contributed by atoms with E-state index < -0.39 is 10.0 Å². The molecule has 3 N–H and O–H groups in total. The zero-order chi connectivity index (χ0) is 16.7. The molecule has 0 bridgehead atoms. The van der Waals surface area contributed by atoms with E-state index in [1.807, 2.05) is 31.2 Å². The molecule has 6 heteroatoms. The third-order valence-corrected chi connectivity index (χ3v) is 5.92. The Morgan fingerprint density at radius 3 is 2.30 bits per heavy atom. The van der Waals surface area contributed by atoms with Crippen LogP contribution in [0, 0.1) is 6.92 Å². The van der Waals surface area contributed by atoms with E-state index in [4.69, 9.17) is 5.73 Å². The van der Waals surface area contributed by atoms with Gasteiger partial charge in [0.05, 0.1) is 4.90 Å². The van der Waals surface area contributed by atoms with Crippen molar-refractivity contribution in [2.24, 2.45) is 0 Å². The van der Waals surface area contributed by atoms with Crippen molar-refractivity contribution in [1.82, 2.24) is 4.72 Å². The molecule has 4 nitrogen and oxygen atoms in total. The maximum atomic E-state index is 12.1. The van der Waals surface area contributed by atoms with E-state index in [0.29, 0.717) is 11.4 Å². The summed E-state index contributed by atoms with van der Waals surface area (Å²) in [6.45, 7) is 2.39. The van der Waals surface area contributed by atoms with Crippen molar-refractivity contribution in [2.75, 3.05) is 18.0 Å². The van der Waals surface area contributed by atoms with Crippen LogP contribution in [-0.2, 0) is 10.0 Å².